The lowest BCUT2D eigenvalue weighted by molar-refractivity contribution is -0.143. The van der Waals surface area contributed by atoms with Crippen molar-refractivity contribution in [2.24, 2.45) is 0 Å². The summed E-state index contributed by atoms with van der Waals surface area (Å²) < 4.78 is 29.3. The van der Waals surface area contributed by atoms with Gasteiger partial charge in [0.05, 0.1) is 19.9 Å². The molecule has 1 aliphatic rings. The lowest BCUT2D eigenvalue weighted by Gasteiger charge is -2.29. The molecule has 0 bridgehead atoms. The summed E-state index contributed by atoms with van der Waals surface area (Å²) in [6.07, 6.45) is 1.32. The number of amides is 2. The second-order valence-corrected chi connectivity index (χ2v) is 6.57. The van der Waals surface area contributed by atoms with Gasteiger partial charge >= 0.3 is 5.97 Å². The molecule has 1 fully saturated rings. The van der Waals surface area contributed by atoms with Gasteiger partial charge in [0.25, 0.3) is 11.8 Å². The number of carbonyl (C=O) groups excluding carboxylic acids is 3. The summed E-state index contributed by atoms with van der Waals surface area (Å²) in [5.74, 6) is -2.19. The van der Waals surface area contributed by atoms with Gasteiger partial charge in [-0.05, 0) is 48.1 Å². The van der Waals surface area contributed by atoms with Crippen molar-refractivity contribution in [3.8, 4) is 11.5 Å². The topological polar surface area (TPSA) is 94.2 Å². The SMILES string of the molecule is COC(=O)COc1ccc(/C=C2\C(=O)NC(=S)N(c3ccccc3F)C2=O)cc1OC. The smallest absolute Gasteiger partial charge is 0.343 e. The van der Waals surface area contributed by atoms with Gasteiger partial charge < -0.3 is 14.2 Å². The van der Waals surface area contributed by atoms with Crippen molar-refractivity contribution in [1.29, 1.82) is 0 Å². The third-order valence-electron chi connectivity index (χ3n) is 4.27. The van der Waals surface area contributed by atoms with Crippen LogP contribution in [-0.2, 0) is 19.1 Å². The zero-order valence-electron chi connectivity index (χ0n) is 16.5. The number of esters is 1. The van der Waals surface area contributed by atoms with E-state index in [1.807, 2.05) is 0 Å². The van der Waals surface area contributed by atoms with Crippen molar-refractivity contribution in [2.75, 3.05) is 25.7 Å². The summed E-state index contributed by atoms with van der Waals surface area (Å²) in [5, 5.41) is 2.17. The summed E-state index contributed by atoms with van der Waals surface area (Å²) in [6, 6.07) is 10.2. The number of rotatable bonds is 6. The van der Waals surface area contributed by atoms with Crippen LogP contribution in [0.4, 0.5) is 10.1 Å². The maximum atomic E-state index is 14.2. The van der Waals surface area contributed by atoms with E-state index in [1.54, 1.807) is 12.1 Å². The molecule has 8 nitrogen and oxygen atoms in total. The zero-order valence-corrected chi connectivity index (χ0v) is 17.3. The fraction of sp³-hybridized carbons (Fsp3) is 0.143. The number of carbonyl (C=O) groups is 3. The standard InChI is InChI=1S/C21H17FN2O6S/c1-28-17-10-12(7-8-16(17)30-11-18(25)29-2)9-13-19(26)23-21(31)24(20(13)27)15-6-4-3-5-14(15)22/h3-10H,11H2,1-2H3,(H,23,26,31)/b13-9+. The van der Waals surface area contributed by atoms with E-state index in [1.165, 1.54) is 50.6 Å². The number of nitrogens with one attached hydrogen (secondary N) is 1. The summed E-state index contributed by atoms with van der Waals surface area (Å²) >= 11 is 5.06. The Morgan fingerprint density at radius 2 is 1.90 bits per heavy atom. The first-order chi connectivity index (χ1) is 14.8. The van der Waals surface area contributed by atoms with E-state index in [-0.39, 0.29) is 34.5 Å². The number of thiocarbonyl (C=S) groups is 1. The Morgan fingerprint density at radius 3 is 2.58 bits per heavy atom. The van der Waals surface area contributed by atoms with Crippen molar-refractivity contribution in [1.82, 2.24) is 5.32 Å². The van der Waals surface area contributed by atoms with Crippen LogP contribution in [0.3, 0.4) is 0 Å². The third-order valence-corrected chi connectivity index (χ3v) is 4.55. The van der Waals surface area contributed by atoms with Crippen molar-refractivity contribution in [3.05, 3.63) is 59.4 Å². The molecule has 1 N–H and O–H groups in total. The highest BCUT2D eigenvalue weighted by Crippen LogP contribution is 2.30. The van der Waals surface area contributed by atoms with Crippen LogP contribution in [-0.4, -0.2) is 43.7 Å². The Hall–Kier alpha value is -3.79. The van der Waals surface area contributed by atoms with Gasteiger partial charge in [0.1, 0.15) is 11.4 Å². The number of benzene rings is 2. The largest absolute Gasteiger partial charge is 0.493 e. The van der Waals surface area contributed by atoms with E-state index in [0.717, 1.165) is 4.90 Å². The van der Waals surface area contributed by atoms with Gasteiger partial charge in [0, 0.05) is 0 Å². The highest BCUT2D eigenvalue weighted by Gasteiger charge is 2.35. The first-order valence-corrected chi connectivity index (χ1v) is 9.30. The van der Waals surface area contributed by atoms with Gasteiger partial charge in [-0.2, -0.15) is 0 Å². The summed E-state index contributed by atoms with van der Waals surface area (Å²) in [4.78, 5) is 37.6. The zero-order chi connectivity index (χ0) is 22.5. The molecule has 0 unspecified atom stereocenters. The summed E-state index contributed by atoms with van der Waals surface area (Å²) in [7, 11) is 2.63. The van der Waals surface area contributed by atoms with Gasteiger partial charge in [-0.25, -0.2) is 14.1 Å². The second kappa shape index (κ2) is 9.35. The van der Waals surface area contributed by atoms with E-state index in [2.05, 4.69) is 10.1 Å². The molecule has 0 saturated carbocycles. The maximum absolute atomic E-state index is 14.2. The molecule has 2 aromatic rings. The lowest BCUT2D eigenvalue weighted by atomic mass is 10.1. The van der Waals surface area contributed by atoms with Crippen molar-refractivity contribution < 1.29 is 33.0 Å². The van der Waals surface area contributed by atoms with E-state index in [9.17, 15) is 18.8 Å². The minimum Gasteiger partial charge on any atom is -0.493 e. The van der Waals surface area contributed by atoms with Crippen LogP contribution in [0, 0.1) is 5.82 Å². The molecule has 2 amide bonds. The van der Waals surface area contributed by atoms with Gasteiger partial charge in [-0.3, -0.25) is 14.9 Å². The van der Waals surface area contributed by atoms with E-state index in [0.29, 0.717) is 5.56 Å². The van der Waals surface area contributed by atoms with Crippen LogP contribution < -0.4 is 19.7 Å². The van der Waals surface area contributed by atoms with Crippen LogP contribution in [0.5, 0.6) is 11.5 Å². The second-order valence-electron chi connectivity index (χ2n) is 6.18. The van der Waals surface area contributed by atoms with Crippen molar-refractivity contribution in [2.45, 2.75) is 0 Å². The van der Waals surface area contributed by atoms with Gasteiger partial charge in [-0.1, -0.05) is 18.2 Å². The molecule has 0 spiro atoms. The number of anilines is 1. The molecular formula is C21H17FN2O6S. The van der Waals surface area contributed by atoms with Crippen LogP contribution in [0.15, 0.2) is 48.0 Å². The molecule has 1 saturated heterocycles. The van der Waals surface area contributed by atoms with Crippen LogP contribution in [0.25, 0.3) is 6.08 Å². The van der Waals surface area contributed by atoms with Crippen LogP contribution in [0.2, 0.25) is 0 Å². The molecule has 31 heavy (non-hydrogen) atoms. The Morgan fingerprint density at radius 1 is 1.16 bits per heavy atom. The fourth-order valence-corrected chi connectivity index (χ4v) is 3.04. The number of hydrogen-bond acceptors (Lipinski definition) is 7. The number of hydrogen-bond donors (Lipinski definition) is 1. The fourth-order valence-electron chi connectivity index (χ4n) is 2.76. The molecule has 2 aromatic carbocycles. The molecule has 0 aliphatic carbocycles. The Labute approximate surface area is 182 Å². The van der Waals surface area contributed by atoms with Gasteiger partial charge in [0.2, 0.25) is 0 Å². The molecule has 3 rings (SSSR count). The van der Waals surface area contributed by atoms with Gasteiger partial charge in [0.15, 0.2) is 23.2 Å². The first-order valence-electron chi connectivity index (χ1n) is 8.89. The summed E-state index contributed by atoms with van der Waals surface area (Å²) in [5.41, 5.74) is 0.108. The monoisotopic (exact) mass is 444 g/mol. The highest BCUT2D eigenvalue weighted by molar-refractivity contribution is 7.80. The predicted molar refractivity (Wildman–Crippen MR) is 113 cm³/mol. The number of ether oxygens (including phenoxy) is 3. The molecule has 160 valence electrons. The van der Waals surface area contributed by atoms with Crippen LogP contribution in [0.1, 0.15) is 5.56 Å². The maximum Gasteiger partial charge on any atom is 0.343 e. The molecule has 0 radical (unpaired) electrons. The Balaban J connectivity index is 1.93. The lowest BCUT2D eigenvalue weighted by Crippen LogP contribution is -2.54. The minimum absolute atomic E-state index is 0.0764. The van der Waals surface area contributed by atoms with E-state index >= 15 is 0 Å². The number of para-hydroxylation sites is 1. The van der Waals surface area contributed by atoms with E-state index in [4.69, 9.17) is 21.7 Å². The summed E-state index contributed by atoms with van der Waals surface area (Å²) in [6.45, 7) is -0.316. The number of nitrogens with zero attached hydrogens (tertiary/aromatic N) is 1. The molecule has 0 aromatic heterocycles. The average molecular weight is 444 g/mol. The highest BCUT2D eigenvalue weighted by atomic mass is 32.1. The van der Waals surface area contributed by atoms with E-state index < -0.39 is 23.6 Å². The molecular weight excluding hydrogens is 427 g/mol. The average Bonchev–Trinajstić information content (AvgIpc) is 2.76. The third kappa shape index (κ3) is 4.69. The Kier molecular flexibility index (Phi) is 6.61. The van der Waals surface area contributed by atoms with Crippen molar-refractivity contribution >= 4 is 46.9 Å². The Bertz CT molecular complexity index is 1100. The molecule has 1 heterocycles. The quantitative estimate of drug-likeness (QED) is 0.316. The molecule has 1 aliphatic heterocycles. The number of methoxy groups -OCH3 is 2. The molecule has 0 atom stereocenters. The van der Waals surface area contributed by atoms with Gasteiger partial charge in [-0.15, -0.1) is 0 Å². The first kappa shape index (κ1) is 21.9. The van der Waals surface area contributed by atoms with Crippen LogP contribution >= 0.6 is 12.2 Å². The molecule has 10 heteroatoms. The minimum atomic E-state index is -0.774. The van der Waals surface area contributed by atoms with Crippen molar-refractivity contribution in [3.63, 3.8) is 0 Å². The number of halogens is 1. The normalized spacial score (nSPS) is 15.0. The predicted octanol–water partition coefficient (Wildman–Crippen LogP) is 2.22.